The van der Waals surface area contributed by atoms with E-state index >= 15 is 0 Å². The van der Waals surface area contributed by atoms with Crippen LogP contribution in [0.15, 0.2) is 70.3 Å². The number of anilines is 4. The van der Waals surface area contributed by atoms with E-state index in [-0.39, 0.29) is 27.9 Å². The Morgan fingerprint density at radius 3 is 2.54 bits per heavy atom. The molecule has 1 amide bonds. The highest BCUT2D eigenvalue weighted by Gasteiger charge is 2.17. The number of allylic oxidation sites excluding steroid dienone is 1. The van der Waals surface area contributed by atoms with E-state index in [0.29, 0.717) is 16.1 Å². The molecule has 1 aliphatic rings. The van der Waals surface area contributed by atoms with Gasteiger partial charge in [0.25, 0.3) is 15.9 Å². The lowest BCUT2D eigenvalue weighted by molar-refractivity contribution is 0.0997. The quantitative estimate of drug-likeness (QED) is 0.301. The van der Waals surface area contributed by atoms with Crippen molar-refractivity contribution in [1.82, 2.24) is 14.7 Å². The Bertz CT molecular complexity index is 1380. The molecule has 1 heterocycles. The lowest BCUT2D eigenvalue weighted by atomic mass is 9.86. The Hall–Kier alpha value is -3.51. The smallest absolute Gasteiger partial charge is 0.261 e. The van der Waals surface area contributed by atoms with Crippen LogP contribution in [0.2, 0.25) is 0 Å². The topological polar surface area (TPSA) is 139 Å². The fourth-order valence-corrected chi connectivity index (χ4v) is 4.51. The molecule has 0 saturated heterocycles. The van der Waals surface area contributed by atoms with Crippen LogP contribution in [0.4, 0.5) is 27.5 Å². The molecule has 1 aliphatic carbocycles. The van der Waals surface area contributed by atoms with Crippen LogP contribution in [0.1, 0.15) is 29.6 Å². The molecule has 9 nitrogen and oxygen atoms in total. The number of amides is 1. The van der Waals surface area contributed by atoms with Gasteiger partial charge in [0.15, 0.2) is 0 Å². The number of aromatic nitrogens is 2. The number of halogens is 2. The molecular formula is C23H22BrFN6O3S. The maximum atomic E-state index is 14.1. The predicted octanol–water partition coefficient (Wildman–Crippen LogP) is 4.56. The summed E-state index contributed by atoms with van der Waals surface area (Å²) in [6, 6.07) is 10.2. The lowest BCUT2D eigenvalue weighted by Crippen LogP contribution is -2.19. The average molecular weight is 561 g/mol. The van der Waals surface area contributed by atoms with E-state index in [0.717, 1.165) is 18.9 Å². The van der Waals surface area contributed by atoms with Crippen LogP contribution in [-0.2, 0) is 10.0 Å². The van der Waals surface area contributed by atoms with Crippen LogP contribution in [0.25, 0.3) is 0 Å². The molecule has 5 N–H and O–H groups in total. The minimum atomic E-state index is -3.67. The van der Waals surface area contributed by atoms with Crippen LogP contribution in [0.3, 0.4) is 0 Å². The van der Waals surface area contributed by atoms with Gasteiger partial charge in [0.1, 0.15) is 11.6 Å². The van der Waals surface area contributed by atoms with Crippen molar-refractivity contribution in [3.05, 3.63) is 76.8 Å². The first kappa shape index (κ1) is 24.6. The number of rotatable bonds is 9. The molecular weight excluding hydrogens is 539 g/mol. The highest BCUT2D eigenvalue weighted by Crippen LogP contribution is 2.29. The lowest BCUT2D eigenvalue weighted by Gasteiger charge is -2.21. The van der Waals surface area contributed by atoms with E-state index in [9.17, 15) is 17.6 Å². The first-order valence-electron chi connectivity index (χ1n) is 10.7. The normalized spacial score (nSPS) is 13.9. The molecule has 0 radical (unpaired) electrons. The van der Waals surface area contributed by atoms with Crippen LogP contribution in [0.5, 0.6) is 0 Å². The van der Waals surface area contributed by atoms with Crippen molar-refractivity contribution in [1.29, 1.82) is 0 Å². The maximum absolute atomic E-state index is 14.1. The summed E-state index contributed by atoms with van der Waals surface area (Å²) in [5.74, 6) is -0.786. The number of carbonyl (C=O) groups is 1. The second kappa shape index (κ2) is 10.4. The predicted molar refractivity (Wildman–Crippen MR) is 134 cm³/mol. The molecule has 12 heteroatoms. The minimum Gasteiger partial charge on any atom is -0.365 e. The Labute approximate surface area is 210 Å². The van der Waals surface area contributed by atoms with Gasteiger partial charge in [-0.15, -0.1) is 0 Å². The van der Waals surface area contributed by atoms with Gasteiger partial charge in [-0.2, -0.15) is 4.98 Å². The summed E-state index contributed by atoms with van der Waals surface area (Å²) in [7, 11) is -3.67. The number of carbonyl (C=O) groups excluding carboxylic acids is 1. The van der Waals surface area contributed by atoms with E-state index in [1.807, 2.05) is 6.08 Å². The van der Waals surface area contributed by atoms with Crippen LogP contribution in [-0.4, -0.2) is 24.3 Å². The summed E-state index contributed by atoms with van der Waals surface area (Å²) < 4.78 is 41.9. The van der Waals surface area contributed by atoms with Crippen molar-refractivity contribution < 1.29 is 17.6 Å². The first-order chi connectivity index (χ1) is 16.7. The average Bonchev–Trinajstić information content (AvgIpc) is 2.78. The van der Waals surface area contributed by atoms with Gasteiger partial charge in [0.2, 0.25) is 5.95 Å². The highest BCUT2D eigenvalue weighted by molar-refractivity contribution is 9.10. The van der Waals surface area contributed by atoms with E-state index in [2.05, 4.69) is 41.3 Å². The third kappa shape index (κ3) is 5.95. The Morgan fingerprint density at radius 2 is 1.89 bits per heavy atom. The van der Waals surface area contributed by atoms with E-state index in [1.165, 1.54) is 43.1 Å². The number of nitrogens with zero attached hydrogens (tertiary/aromatic N) is 2. The van der Waals surface area contributed by atoms with Crippen molar-refractivity contribution in [3.8, 4) is 0 Å². The summed E-state index contributed by atoms with van der Waals surface area (Å²) in [6.07, 6.45) is 8.18. The van der Waals surface area contributed by atoms with Crippen LogP contribution >= 0.6 is 15.9 Å². The summed E-state index contributed by atoms with van der Waals surface area (Å²) >= 11 is 3.32. The third-order valence-corrected chi connectivity index (χ3v) is 7.34. The van der Waals surface area contributed by atoms with Crippen molar-refractivity contribution in [2.45, 2.75) is 24.2 Å². The van der Waals surface area contributed by atoms with Gasteiger partial charge in [-0.25, -0.2) is 17.8 Å². The summed E-state index contributed by atoms with van der Waals surface area (Å²) in [5.41, 5.74) is 5.71. The molecule has 0 atom stereocenters. The van der Waals surface area contributed by atoms with Gasteiger partial charge < -0.3 is 16.4 Å². The van der Waals surface area contributed by atoms with Crippen molar-refractivity contribution >= 4 is 55.0 Å². The van der Waals surface area contributed by atoms with Crippen molar-refractivity contribution in [2.75, 3.05) is 10.6 Å². The molecule has 0 aliphatic heterocycles. The summed E-state index contributed by atoms with van der Waals surface area (Å²) in [6.45, 7) is 0. The molecule has 0 spiro atoms. The number of hydrogen-bond acceptors (Lipinski definition) is 7. The summed E-state index contributed by atoms with van der Waals surface area (Å²) in [5, 5.41) is 5.86. The second-order valence-electron chi connectivity index (χ2n) is 7.86. The second-order valence-corrected chi connectivity index (χ2v) is 10.4. The number of sulfonamides is 1. The SMILES string of the molecule is NC(=O)c1c(F)cccc1Nc1nc(Nc2ccc(S(=O)(=O)N/C=C\C3CCC3)cc2)ncc1Br. The third-order valence-electron chi connectivity index (χ3n) is 5.42. The van der Waals surface area contributed by atoms with Crippen LogP contribution in [0, 0.1) is 11.7 Å². The fourth-order valence-electron chi connectivity index (χ4n) is 3.33. The molecule has 0 unspecified atom stereocenters. The van der Waals surface area contributed by atoms with Gasteiger partial charge in [0.05, 0.1) is 20.6 Å². The van der Waals surface area contributed by atoms with E-state index in [1.54, 1.807) is 12.1 Å². The molecule has 2 aromatic carbocycles. The van der Waals surface area contributed by atoms with Crippen LogP contribution < -0.4 is 21.1 Å². The number of nitrogens with one attached hydrogen (secondary N) is 3. The molecule has 35 heavy (non-hydrogen) atoms. The first-order valence-corrected chi connectivity index (χ1v) is 12.9. The number of nitrogens with two attached hydrogens (primary N) is 1. The Kier molecular flexibility index (Phi) is 7.31. The molecule has 1 aromatic heterocycles. The van der Waals surface area contributed by atoms with Crippen molar-refractivity contribution in [3.63, 3.8) is 0 Å². The van der Waals surface area contributed by atoms with Crippen molar-refractivity contribution in [2.24, 2.45) is 11.7 Å². The van der Waals surface area contributed by atoms with Gasteiger partial charge >= 0.3 is 0 Å². The molecule has 1 fully saturated rings. The zero-order valence-electron chi connectivity index (χ0n) is 18.3. The van der Waals surface area contributed by atoms with Gasteiger partial charge in [0, 0.05) is 18.1 Å². The van der Waals surface area contributed by atoms with E-state index in [4.69, 9.17) is 5.73 Å². The number of hydrogen-bond donors (Lipinski definition) is 4. The maximum Gasteiger partial charge on any atom is 0.261 e. The van der Waals surface area contributed by atoms with Gasteiger partial charge in [-0.1, -0.05) is 18.6 Å². The molecule has 1 saturated carbocycles. The fraction of sp³-hybridized carbons (Fsp3) is 0.174. The number of benzene rings is 2. The molecule has 182 valence electrons. The largest absolute Gasteiger partial charge is 0.365 e. The minimum absolute atomic E-state index is 0.116. The highest BCUT2D eigenvalue weighted by atomic mass is 79.9. The zero-order valence-corrected chi connectivity index (χ0v) is 20.7. The molecule has 0 bridgehead atoms. The number of primary amides is 1. The molecule has 3 aromatic rings. The zero-order chi connectivity index (χ0) is 25.0. The Balaban J connectivity index is 1.47. The summed E-state index contributed by atoms with van der Waals surface area (Å²) in [4.78, 5) is 20.3. The Morgan fingerprint density at radius 1 is 1.14 bits per heavy atom. The molecule has 4 rings (SSSR count). The van der Waals surface area contributed by atoms with E-state index < -0.39 is 21.7 Å². The van der Waals surface area contributed by atoms with Gasteiger partial charge in [-0.3, -0.25) is 9.52 Å². The monoisotopic (exact) mass is 560 g/mol. The standard InChI is InChI=1S/C23H22BrFN6O3S/c24-17-13-27-23(31-22(17)30-19-6-2-5-18(25)20(19)21(26)32)29-15-7-9-16(10-8-15)35(33,34)28-12-11-14-3-1-4-14/h2,5-14,28H,1,3-4H2,(H2,26,32)(H2,27,29,30,31)/b12-11-. The van der Waals surface area contributed by atoms with Gasteiger partial charge in [-0.05, 0) is 71.1 Å².